The molecule has 1 N–H and O–H groups in total. The molecule has 0 aliphatic carbocycles. The van der Waals surface area contributed by atoms with Gasteiger partial charge in [-0.1, -0.05) is 36.7 Å². The van der Waals surface area contributed by atoms with Crippen LogP contribution in [-0.2, 0) is 0 Å². The predicted octanol–water partition coefficient (Wildman–Crippen LogP) is 3.90. The SMILES string of the molecule is CCNC(C)/C=C/c1ccc(Cl)c2cccnc12. The second-order valence-corrected chi connectivity index (χ2v) is 4.65. The number of nitrogens with one attached hydrogen (secondary N) is 1. The highest BCUT2D eigenvalue weighted by molar-refractivity contribution is 6.35. The number of rotatable bonds is 4. The fraction of sp³-hybridized carbons (Fsp3) is 0.267. The number of hydrogen-bond donors (Lipinski definition) is 1. The van der Waals surface area contributed by atoms with Crippen LogP contribution in [-0.4, -0.2) is 17.6 Å². The third kappa shape index (κ3) is 2.89. The van der Waals surface area contributed by atoms with Gasteiger partial charge in [0.15, 0.2) is 0 Å². The van der Waals surface area contributed by atoms with Crippen molar-refractivity contribution < 1.29 is 0 Å². The Hall–Kier alpha value is -1.38. The quantitative estimate of drug-likeness (QED) is 0.902. The van der Waals surface area contributed by atoms with Crippen molar-refractivity contribution in [1.82, 2.24) is 10.3 Å². The summed E-state index contributed by atoms with van der Waals surface area (Å²) in [5.41, 5.74) is 2.05. The van der Waals surface area contributed by atoms with Crippen LogP contribution in [0.2, 0.25) is 5.02 Å². The Bertz CT molecular complexity index is 563. The number of aromatic nitrogens is 1. The normalized spacial score (nSPS) is 13.3. The average Bonchev–Trinajstić information content (AvgIpc) is 2.39. The molecule has 3 heteroatoms. The summed E-state index contributed by atoms with van der Waals surface area (Å²) in [6.45, 7) is 5.19. The van der Waals surface area contributed by atoms with Gasteiger partial charge in [-0.15, -0.1) is 0 Å². The minimum Gasteiger partial charge on any atom is -0.311 e. The van der Waals surface area contributed by atoms with Crippen LogP contribution in [0.25, 0.3) is 17.0 Å². The van der Waals surface area contributed by atoms with Crippen LogP contribution in [0.3, 0.4) is 0 Å². The van der Waals surface area contributed by atoms with Crippen LogP contribution in [0.5, 0.6) is 0 Å². The molecule has 1 aromatic carbocycles. The summed E-state index contributed by atoms with van der Waals surface area (Å²) in [5, 5.41) is 5.08. The van der Waals surface area contributed by atoms with Gasteiger partial charge in [0.1, 0.15) is 0 Å². The lowest BCUT2D eigenvalue weighted by atomic mass is 10.1. The van der Waals surface area contributed by atoms with E-state index in [2.05, 4.69) is 36.3 Å². The molecule has 1 unspecified atom stereocenters. The Labute approximate surface area is 113 Å². The van der Waals surface area contributed by atoms with Gasteiger partial charge in [-0.05, 0) is 31.7 Å². The number of pyridine rings is 1. The van der Waals surface area contributed by atoms with Gasteiger partial charge in [0, 0.05) is 23.2 Å². The van der Waals surface area contributed by atoms with Gasteiger partial charge in [-0.25, -0.2) is 0 Å². The third-order valence-corrected chi connectivity index (χ3v) is 3.17. The van der Waals surface area contributed by atoms with E-state index in [-0.39, 0.29) is 0 Å². The Balaban J connectivity index is 2.37. The van der Waals surface area contributed by atoms with Crippen molar-refractivity contribution in [2.24, 2.45) is 0 Å². The number of hydrogen-bond acceptors (Lipinski definition) is 2. The Kier molecular flexibility index (Phi) is 4.34. The van der Waals surface area contributed by atoms with E-state index in [1.54, 1.807) is 6.20 Å². The monoisotopic (exact) mass is 260 g/mol. The molecule has 1 aromatic heterocycles. The molecule has 94 valence electrons. The molecule has 0 radical (unpaired) electrons. The predicted molar refractivity (Wildman–Crippen MR) is 78.9 cm³/mol. The van der Waals surface area contributed by atoms with Crippen molar-refractivity contribution in [3.8, 4) is 0 Å². The van der Waals surface area contributed by atoms with Crippen LogP contribution < -0.4 is 5.32 Å². The molecule has 2 rings (SSSR count). The molecular weight excluding hydrogens is 244 g/mol. The first-order chi connectivity index (χ1) is 8.72. The van der Waals surface area contributed by atoms with E-state index in [4.69, 9.17) is 11.6 Å². The number of likely N-dealkylation sites (N-methyl/N-ethyl adjacent to an activating group) is 1. The van der Waals surface area contributed by atoms with Crippen LogP contribution in [0.4, 0.5) is 0 Å². The topological polar surface area (TPSA) is 24.9 Å². The number of halogens is 1. The van der Waals surface area contributed by atoms with E-state index < -0.39 is 0 Å². The van der Waals surface area contributed by atoms with Crippen LogP contribution >= 0.6 is 11.6 Å². The van der Waals surface area contributed by atoms with Gasteiger partial charge in [0.2, 0.25) is 0 Å². The molecule has 2 aromatic rings. The van der Waals surface area contributed by atoms with Crippen molar-refractivity contribution in [2.75, 3.05) is 6.54 Å². The number of nitrogens with zero attached hydrogens (tertiary/aromatic N) is 1. The molecule has 0 aliphatic heterocycles. The average molecular weight is 261 g/mol. The molecule has 0 spiro atoms. The van der Waals surface area contributed by atoms with Crippen molar-refractivity contribution in [1.29, 1.82) is 0 Å². The molecule has 2 nitrogen and oxygen atoms in total. The maximum Gasteiger partial charge on any atom is 0.0789 e. The lowest BCUT2D eigenvalue weighted by Gasteiger charge is -2.07. The molecule has 1 atom stereocenters. The minimum atomic E-state index is 0.351. The van der Waals surface area contributed by atoms with Gasteiger partial charge in [-0.3, -0.25) is 4.98 Å². The van der Waals surface area contributed by atoms with E-state index in [0.717, 1.165) is 28.0 Å². The zero-order valence-electron chi connectivity index (χ0n) is 10.7. The summed E-state index contributed by atoms with van der Waals surface area (Å²) >= 11 is 6.17. The van der Waals surface area contributed by atoms with Gasteiger partial charge >= 0.3 is 0 Å². The zero-order valence-corrected chi connectivity index (χ0v) is 11.4. The van der Waals surface area contributed by atoms with Gasteiger partial charge in [0.25, 0.3) is 0 Å². The van der Waals surface area contributed by atoms with Crippen LogP contribution in [0.1, 0.15) is 19.4 Å². The van der Waals surface area contributed by atoms with E-state index in [9.17, 15) is 0 Å². The van der Waals surface area contributed by atoms with E-state index >= 15 is 0 Å². The summed E-state index contributed by atoms with van der Waals surface area (Å²) < 4.78 is 0. The highest BCUT2D eigenvalue weighted by Gasteiger charge is 2.03. The maximum absolute atomic E-state index is 6.17. The molecule has 0 saturated heterocycles. The minimum absolute atomic E-state index is 0.351. The lowest BCUT2D eigenvalue weighted by molar-refractivity contribution is 0.663. The third-order valence-electron chi connectivity index (χ3n) is 2.84. The van der Waals surface area contributed by atoms with Crippen molar-refractivity contribution in [2.45, 2.75) is 19.9 Å². The van der Waals surface area contributed by atoms with Crippen molar-refractivity contribution >= 4 is 28.6 Å². The van der Waals surface area contributed by atoms with E-state index in [1.165, 1.54) is 0 Å². The molecule has 0 fully saturated rings. The summed E-state index contributed by atoms with van der Waals surface area (Å²) in [6.07, 6.45) is 6.03. The Morgan fingerprint density at radius 3 is 3.00 bits per heavy atom. The maximum atomic E-state index is 6.17. The summed E-state index contributed by atoms with van der Waals surface area (Å²) in [7, 11) is 0. The Morgan fingerprint density at radius 1 is 1.39 bits per heavy atom. The molecule has 0 bridgehead atoms. The highest BCUT2D eigenvalue weighted by Crippen LogP contribution is 2.25. The first kappa shape index (κ1) is 13.1. The summed E-state index contributed by atoms with van der Waals surface area (Å²) in [6, 6.07) is 8.18. The second kappa shape index (κ2) is 5.98. The Morgan fingerprint density at radius 2 is 2.22 bits per heavy atom. The first-order valence-corrected chi connectivity index (χ1v) is 6.55. The summed E-state index contributed by atoms with van der Waals surface area (Å²) in [5.74, 6) is 0. The van der Waals surface area contributed by atoms with Gasteiger partial charge < -0.3 is 5.32 Å². The first-order valence-electron chi connectivity index (χ1n) is 6.17. The van der Waals surface area contributed by atoms with E-state index in [0.29, 0.717) is 6.04 Å². The van der Waals surface area contributed by atoms with Gasteiger partial charge in [0.05, 0.1) is 10.5 Å². The van der Waals surface area contributed by atoms with Crippen molar-refractivity contribution in [3.63, 3.8) is 0 Å². The molecule has 18 heavy (non-hydrogen) atoms. The van der Waals surface area contributed by atoms with Crippen LogP contribution in [0, 0.1) is 0 Å². The smallest absolute Gasteiger partial charge is 0.0789 e. The molecule has 0 amide bonds. The lowest BCUT2D eigenvalue weighted by Crippen LogP contribution is -2.22. The summed E-state index contributed by atoms with van der Waals surface area (Å²) in [4.78, 5) is 4.41. The largest absolute Gasteiger partial charge is 0.311 e. The second-order valence-electron chi connectivity index (χ2n) is 4.24. The number of benzene rings is 1. The fourth-order valence-electron chi connectivity index (χ4n) is 1.93. The zero-order chi connectivity index (χ0) is 13.0. The molecular formula is C15H17ClN2. The standard InChI is InChI=1S/C15H17ClN2/c1-3-17-11(2)6-7-12-8-9-14(16)13-5-4-10-18-15(12)13/h4-11,17H,3H2,1-2H3/b7-6+. The fourth-order valence-corrected chi connectivity index (χ4v) is 2.15. The highest BCUT2D eigenvalue weighted by atomic mass is 35.5. The van der Waals surface area contributed by atoms with Gasteiger partial charge in [-0.2, -0.15) is 0 Å². The molecule has 1 heterocycles. The molecule has 0 saturated carbocycles. The van der Waals surface area contributed by atoms with Crippen molar-refractivity contribution in [3.05, 3.63) is 47.1 Å². The van der Waals surface area contributed by atoms with E-state index in [1.807, 2.05) is 24.3 Å². The molecule has 0 aliphatic rings. The number of fused-ring (bicyclic) bond motifs is 1. The van der Waals surface area contributed by atoms with Crippen LogP contribution in [0.15, 0.2) is 36.5 Å².